The second kappa shape index (κ2) is 8.61. The van der Waals surface area contributed by atoms with Crippen LogP contribution in [0, 0.1) is 5.82 Å². The molecule has 31 heavy (non-hydrogen) atoms. The van der Waals surface area contributed by atoms with Crippen molar-refractivity contribution in [3.8, 4) is 0 Å². The Labute approximate surface area is 181 Å². The number of hydrogen-bond donors (Lipinski definition) is 0. The molecule has 1 aliphatic rings. The van der Waals surface area contributed by atoms with Gasteiger partial charge in [0, 0.05) is 31.4 Å². The summed E-state index contributed by atoms with van der Waals surface area (Å²) in [7, 11) is -2.12. The lowest BCUT2D eigenvalue weighted by atomic mass is 10.0. The Bertz CT molecular complexity index is 1200. The number of halogens is 1. The maximum absolute atomic E-state index is 13.2. The van der Waals surface area contributed by atoms with Gasteiger partial charge >= 0.3 is 0 Å². The van der Waals surface area contributed by atoms with Crippen molar-refractivity contribution < 1.29 is 17.6 Å². The molecular formula is C24H23FN2O3S. The van der Waals surface area contributed by atoms with Crippen LogP contribution in [0.3, 0.4) is 0 Å². The summed E-state index contributed by atoms with van der Waals surface area (Å²) in [5, 5.41) is 0. The van der Waals surface area contributed by atoms with E-state index in [2.05, 4.69) is 0 Å². The van der Waals surface area contributed by atoms with E-state index in [1.165, 1.54) is 28.6 Å². The molecule has 3 aromatic rings. The summed E-state index contributed by atoms with van der Waals surface area (Å²) in [4.78, 5) is 14.8. The first kappa shape index (κ1) is 21.2. The second-order valence-electron chi connectivity index (χ2n) is 7.60. The summed E-state index contributed by atoms with van der Waals surface area (Å²) >= 11 is 0. The molecule has 1 heterocycles. The molecule has 0 saturated carbocycles. The molecule has 0 atom stereocenters. The molecule has 0 N–H and O–H groups in total. The van der Waals surface area contributed by atoms with Crippen LogP contribution in [0.2, 0.25) is 0 Å². The number of carbonyl (C=O) groups excluding carboxylic acids is 1. The molecule has 7 heteroatoms. The lowest BCUT2D eigenvalue weighted by Gasteiger charge is -2.30. The monoisotopic (exact) mass is 438 g/mol. The Balaban J connectivity index is 1.60. The third-order valence-electron chi connectivity index (χ3n) is 5.46. The summed E-state index contributed by atoms with van der Waals surface area (Å²) in [5.74, 6) is -0.622. The molecule has 0 aromatic heterocycles. The maximum atomic E-state index is 13.2. The summed E-state index contributed by atoms with van der Waals surface area (Å²) in [5.41, 5.74) is 2.82. The largest absolute Gasteiger partial charge is 0.308 e. The van der Waals surface area contributed by atoms with E-state index in [1.807, 2.05) is 30.3 Å². The third-order valence-corrected chi connectivity index (χ3v) is 7.26. The zero-order valence-electron chi connectivity index (χ0n) is 17.2. The average molecular weight is 439 g/mol. The SMILES string of the molecule is CN(Cc1ccccc1)S(=O)(=O)c1ccc2c(c1)CCCN2C(=O)c1ccc(F)cc1. The Morgan fingerprint density at radius 1 is 1.03 bits per heavy atom. The van der Waals surface area contributed by atoms with E-state index >= 15 is 0 Å². The zero-order valence-corrected chi connectivity index (χ0v) is 18.0. The van der Waals surface area contributed by atoms with Gasteiger partial charge in [0.2, 0.25) is 10.0 Å². The number of rotatable bonds is 5. The highest BCUT2D eigenvalue weighted by Crippen LogP contribution is 2.31. The molecule has 0 fully saturated rings. The Morgan fingerprint density at radius 2 is 1.74 bits per heavy atom. The summed E-state index contributed by atoms with van der Waals surface area (Å²) in [6.07, 6.45) is 1.41. The van der Waals surface area contributed by atoms with Gasteiger partial charge in [-0.2, -0.15) is 4.31 Å². The van der Waals surface area contributed by atoms with E-state index in [-0.39, 0.29) is 17.3 Å². The van der Waals surface area contributed by atoms with Crippen LogP contribution in [0.25, 0.3) is 0 Å². The highest BCUT2D eigenvalue weighted by molar-refractivity contribution is 7.89. The number of hydrogen-bond acceptors (Lipinski definition) is 3. The number of amides is 1. The first-order chi connectivity index (χ1) is 14.9. The van der Waals surface area contributed by atoms with Gasteiger partial charge in [0.25, 0.3) is 5.91 Å². The number of anilines is 1. The molecule has 0 saturated heterocycles. The molecule has 0 unspecified atom stereocenters. The van der Waals surface area contributed by atoms with E-state index in [0.717, 1.165) is 17.5 Å². The van der Waals surface area contributed by atoms with Crippen LogP contribution >= 0.6 is 0 Å². The van der Waals surface area contributed by atoms with Crippen molar-refractivity contribution in [2.75, 3.05) is 18.5 Å². The van der Waals surface area contributed by atoms with Crippen LogP contribution in [0.1, 0.15) is 27.9 Å². The molecule has 1 aliphatic heterocycles. The standard InChI is InChI=1S/C24H23FN2O3S/c1-26(17-18-6-3-2-4-7-18)31(29,30)22-13-14-23-20(16-22)8-5-15-27(23)24(28)19-9-11-21(25)12-10-19/h2-4,6-7,9-14,16H,5,8,15,17H2,1H3. The number of aryl methyl sites for hydroxylation is 1. The predicted octanol–water partition coefficient (Wildman–Crippen LogP) is 4.24. The minimum Gasteiger partial charge on any atom is -0.308 e. The lowest BCUT2D eigenvalue weighted by Crippen LogP contribution is -2.35. The zero-order chi connectivity index (χ0) is 22.0. The highest BCUT2D eigenvalue weighted by atomic mass is 32.2. The normalized spacial score (nSPS) is 13.8. The molecule has 1 amide bonds. The van der Waals surface area contributed by atoms with Crippen LogP contribution in [0.15, 0.2) is 77.7 Å². The Kier molecular flexibility index (Phi) is 5.89. The van der Waals surface area contributed by atoms with Crippen LogP contribution in [0.5, 0.6) is 0 Å². The van der Waals surface area contributed by atoms with Crippen LogP contribution in [0.4, 0.5) is 10.1 Å². The van der Waals surface area contributed by atoms with Crippen molar-refractivity contribution >= 4 is 21.6 Å². The van der Waals surface area contributed by atoms with Crippen molar-refractivity contribution in [2.24, 2.45) is 0 Å². The highest BCUT2D eigenvalue weighted by Gasteiger charge is 2.27. The fourth-order valence-corrected chi connectivity index (χ4v) is 5.01. The molecule has 0 spiro atoms. The van der Waals surface area contributed by atoms with Crippen molar-refractivity contribution in [1.29, 1.82) is 0 Å². The van der Waals surface area contributed by atoms with Crippen molar-refractivity contribution in [1.82, 2.24) is 4.31 Å². The van der Waals surface area contributed by atoms with E-state index in [0.29, 0.717) is 24.2 Å². The van der Waals surface area contributed by atoms with E-state index < -0.39 is 15.8 Å². The summed E-state index contributed by atoms with van der Waals surface area (Å²) in [6, 6.07) is 19.8. The number of sulfonamides is 1. The first-order valence-corrected chi connectivity index (χ1v) is 11.5. The molecule has 4 rings (SSSR count). The smallest absolute Gasteiger partial charge is 0.258 e. The topological polar surface area (TPSA) is 57.7 Å². The summed E-state index contributed by atoms with van der Waals surface area (Å²) in [6.45, 7) is 0.804. The van der Waals surface area contributed by atoms with Gasteiger partial charge in [-0.05, 0) is 66.4 Å². The number of nitrogens with zero attached hydrogens (tertiary/aromatic N) is 2. The van der Waals surface area contributed by atoms with Gasteiger partial charge in [0.15, 0.2) is 0 Å². The predicted molar refractivity (Wildman–Crippen MR) is 118 cm³/mol. The minimum absolute atomic E-state index is 0.209. The molecule has 3 aromatic carbocycles. The minimum atomic E-state index is -3.68. The van der Waals surface area contributed by atoms with Gasteiger partial charge in [0.1, 0.15) is 5.82 Å². The van der Waals surface area contributed by atoms with Gasteiger partial charge in [0.05, 0.1) is 4.90 Å². The van der Waals surface area contributed by atoms with Crippen LogP contribution < -0.4 is 4.90 Å². The van der Waals surface area contributed by atoms with Crippen molar-refractivity contribution in [3.63, 3.8) is 0 Å². The molecule has 0 radical (unpaired) electrons. The Hall–Kier alpha value is -3.03. The quantitative estimate of drug-likeness (QED) is 0.599. The van der Waals surface area contributed by atoms with Gasteiger partial charge in [-0.1, -0.05) is 30.3 Å². The number of fused-ring (bicyclic) bond motifs is 1. The molecule has 0 bridgehead atoms. The van der Waals surface area contributed by atoms with Crippen LogP contribution in [-0.4, -0.2) is 32.2 Å². The van der Waals surface area contributed by atoms with E-state index in [1.54, 1.807) is 30.1 Å². The Morgan fingerprint density at radius 3 is 2.45 bits per heavy atom. The van der Waals surface area contributed by atoms with Crippen molar-refractivity contribution in [2.45, 2.75) is 24.3 Å². The average Bonchev–Trinajstić information content (AvgIpc) is 2.79. The second-order valence-corrected chi connectivity index (χ2v) is 9.65. The third kappa shape index (κ3) is 4.38. The summed E-state index contributed by atoms with van der Waals surface area (Å²) < 4.78 is 40.7. The van der Waals surface area contributed by atoms with Gasteiger partial charge in [-0.15, -0.1) is 0 Å². The number of benzene rings is 3. The number of carbonyl (C=O) groups is 1. The first-order valence-electron chi connectivity index (χ1n) is 10.1. The van der Waals surface area contributed by atoms with Crippen LogP contribution in [-0.2, 0) is 23.0 Å². The fourth-order valence-electron chi connectivity index (χ4n) is 3.80. The molecule has 160 valence electrons. The van der Waals surface area contributed by atoms with Gasteiger partial charge < -0.3 is 4.90 Å². The van der Waals surface area contributed by atoms with Crippen molar-refractivity contribution in [3.05, 3.63) is 95.3 Å². The molecule has 0 aliphatic carbocycles. The van der Waals surface area contributed by atoms with Gasteiger partial charge in [-0.3, -0.25) is 4.79 Å². The van der Waals surface area contributed by atoms with E-state index in [9.17, 15) is 17.6 Å². The maximum Gasteiger partial charge on any atom is 0.258 e. The van der Waals surface area contributed by atoms with Gasteiger partial charge in [-0.25, -0.2) is 12.8 Å². The lowest BCUT2D eigenvalue weighted by molar-refractivity contribution is 0.0985. The fraction of sp³-hybridized carbons (Fsp3) is 0.208. The molecular weight excluding hydrogens is 415 g/mol. The molecule has 5 nitrogen and oxygen atoms in total. The van der Waals surface area contributed by atoms with E-state index in [4.69, 9.17) is 0 Å².